The number of rotatable bonds is 5. The minimum Gasteiger partial charge on any atom is -0.326 e. The second kappa shape index (κ2) is 7.15. The second-order valence-electron chi connectivity index (χ2n) is 5.09. The second-order valence-corrected chi connectivity index (χ2v) is 5.99. The van der Waals surface area contributed by atoms with Crippen LogP contribution in [0, 0.1) is 5.82 Å². The number of benzene rings is 2. The van der Waals surface area contributed by atoms with Gasteiger partial charge in [0.1, 0.15) is 10.8 Å². The van der Waals surface area contributed by atoms with Gasteiger partial charge in [0.15, 0.2) is 0 Å². The quantitative estimate of drug-likeness (QED) is 0.749. The molecule has 0 saturated carbocycles. The van der Waals surface area contributed by atoms with E-state index in [0.29, 0.717) is 12.8 Å². The lowest BCUT2D eigenvalue weighted by Crippen LogP contribution is -2.12. The van der Waals surface area contributed by atoms with E-state index in [-0.39, 0.29) is 11.7 Å². The topological polar surface area (TPSA) is 42.0 Å². The molecule has 116 valence electrons. The Balaban J connectivity index is 1.55. The highest BCUT2D eigenvalue weighted by atomic mass is 32.1. The average Bonchev–Trinajstić information content (AvgIpc) is 3.08. The van der Waals surface area contributed by atoms with Crippen LogP contribution in [0.3, 0.4) is 0 Å². The number of carbonyl (C=O) groups is 1. The minimum atomic E-state index is -0.277. The van der Waals surface area contributed by atoms with Crippen LogP contribution in [0.15, 0.2) is 60.1 Å². The smallest absolute Gasteiger partial charge is 0.224 e. The predicted molar refractivity (Wildman–Crippen MR) is 90.9 cm³/mol. The van der Waals surface area contributed by atoms with Crippen LogP contribution in [0.5, 0.6) is 0 Å². The lowest BCUT2D eigenvalue weighted by atomic mass is 10.1. The van der Waals surface area contributed by atoms with Gasteiger partial charge >= 0.3 is 0 Å². The monoisotopic (exact) mass is 326 g/mol. The fraction of sp³-hybridized carbons (Fsp3) is 0.111. The molecule has 1 amide bonds. The molecular weight excluding hydrogens is 311 g/mol. The van der Waals surface area contributed by atoms with Gasteiger partial charge < -0.3 is 5.32 Å². The number of nitrogens with zero attached hydrogens (tertiary/aromatic N) is 1. The predicted octanol–water partition coefficient (Wildman–Crippen LogP) is 4.52. The molecule has 1 heterocycles. The van der Waals surface area contributed by atoms with Crippen LogP contribution in [0.2, 0.25) is 0 Å². The van der Waals surface area contributed by atoms with Crippen molar-refractivity contribution in [3.05, 3.63) is 71.5 Å². The van der Waals surface area contributed by atoms with Gasteiger partial charge in [0.05, 0.1) is 0 Å². The molecule has 3 aromatic rings. The summed E-state index contributed by atoms with van der Waals surface area (Å²) >= 11 is 1.57. The minimum absolute atomic E-state index is 0.0868. The molecule has 0 aliphatic carbocycles. The Morgan fingerprint density at radius 3 is 2.70 bits per heavy atom. The summed E-state index contributed by atoms with van der Waals surface area (Å²) in [7, 11) is 0. The fourth-order valence-electron chi connectivity index (χ4n) is 2.24. The van der Waals surface area contributed by atoms with Crippen molar-refractivity contribution in [3.63, 3.8) is 0 Å². The van der Waals surface area contributed by atoms with Crippen molar-refractivity contribution < 1.29 is 9.18 Å². The molecule has 1 aromatic heterocycles. The maximum atomic E-state index is 13.1. The summed E-state index contributed by atoms with van der Waals surface area (Å²) in [5.74, 6) is -0.364. The van der Waals surface area contributed by atoms with Gasteiger partial charge in [-0.2, -0.15) is 0 Å². The molecular formula is C18H15FN2OS. The number of hydrogen-bond acceptors (Lipinski definition) is 3. The number of amides is 1. The van der Waals surface area contributed by atoms with Crippen LogP contribution in [0.25, 0.3) is 10.6 Å². The number of nitrogens with one attached hydrogen (secondary N) is 1. The SMILES string of the molecule is O=C(CCc1cccc(F)c1)Nc1ccc(-c2nccs2)cc1. The van der Waals surface area contributed by atoms with Gasteiger partial charge in [-0.3, -0.25) is 4.79 Å². The van der Waals surface area contributed by atoms with E-state index in [1.165, 1.54) is 12.1 Å². The van der Waals surface area contributed by atoms with Crippen LogP contribution in [0.1, 0.15) is 12.0 Å². The molecule has 0 unspecified atom stereocenters. The highest BCUT2D eigenvalue weighted by molar-refractivity contribution is 7.13. The van der Waals surface area contributed by atoms with E-state index >= 15 is 0 Å². The molecule has 23 heavy (non-hydrogen) atoms. The molecule has 0 radical (unpaired) electrons. The van der Waals surface area contributed by atoms with Crippen molar-refractivity contribution in [2.45, 2.75) is 12.8 Å². The third kappa shape index (κ3) is 4.23. The Morgan fingerprint density at radius 2 is 2.00 bits per heavy atom. The number of carbonyl (C=O) groups excluding carboxylic acids is 1. The molecule has 3 rings (SSSR count). The molecule has 0 spiro atoms. The molecule has 0 aliphatic heterocycles. The van der Waals surface area contributed by atoms with Gasteiger partial charge in [0, 0.05) is 29.2 Å². The zero-order valence-electron chi connectivity index (χ0n) is 12.3. The Hall–Kier alpha value is -2.53. The van der Waals surface area contributed by atoms with Crippen LogP contribution in [-0.2, 0) is 11.2 Å². The van der Waals surface area contributed by atoms with E-state index in [1.807, 2.05) is 35.7 Å². The number of halogens is 1. The molecule has 3 nitrogen and oxygen atoms in total. The molecule has 2 aromatic carbocycles. The number of aromatic nitrogens is 1. The van der Waals surface area contributed by atoms with Crippen molar-refractivity contribution in [2.75, 3.05) is 5.32 Å². The Bertz CT molecular complexity index is 785. The first-order valence-corrected chi connectivity index (χ1v) is 8.13. The fourth-order valence-corrected chi connectivity index (χ4v) is 2.88. The molecule has 1 N–H and O–H groups in total. The largest absolute Gasteiger partial charge is 0.326 e. The lowest BCUT2D eigenvalue weighted by Gasteiger charge is -2.06. The van der Waals surface area contributed by atoms with Gasteiger partial charge in [-0.25, -0.2) is 9.37 Å². The van der Waals surface area contributed by atoms with E-state index in [1.54, 1.807) is 23.6 Å². The van der Waals surface area contributed by atoms with Crippen LogP contribution in [0.4, 0.5) is 10.1 Å². The molecule has 0 bridgehead atoms. The first-order valence-electron chi connectivity index (χ1n) is 7.25. The van der Waals surface area contributed by atoms with Gasteiger partial charge in [-0.1, -0.05) is 12.1 Å². The highest BCUT2D eigenvalue weighted by Gasteiger charge is 2.05. The molecule has 0 aliphatic rings. The van der Waals surface area contributed by atoms with E-state index in [4.69, 9.17) is 0 Å². The number of anilines is 1. The maximum absolute atomic E-state index is 13.1. The lowest BCUT2D eigenvalue weighted by molar-refractivity contribution is -0.116. The Kier molecular flexibility index (Phi) is 4.78. The average molecular weight is 326 g/mol. The summed E-state index contributed by atoms with van der Waals surface area (Å²) in [6.07, 6.45) is 2.60. The normalized spacial score (nSPS) is 10.5. The van der Waals surface area contributed by atoms with Gasteiger partial charge in [0.2, 0.25) is 5.91 Å². The van der Waals surface area contributed by atoms with Crippen molar-refractivity contribution in [2.24, 2.45) is 0 Å². The number of thiazole rings is 1. The molecule has 0 fully saturated rings. The van der Waals surface area contributed by atoms with Crippen LogP contribution in [-0.4, -0.2) is 10.9 Å². The number of aryl methyl sites for hydroxylation is 1. The van der Waals surface area contributed by atoms with Crippen molar-refractivity contribution in [3.8, 4) is 10.6 Å². The van der Waals surface area contributed by atoms with Crippen molar-refractivity contribution in [1.82, 2.24) is 4.98 Å². The third-order valence-corrected chi connectivity index (χ3v) is 4.20. The third-order valence-electron chi connectivity index (χ3n) is 3.38. The first-order chi connectivity index (χ1) is 11.2. The summed E-state index contributed by atoms with van der Waals surface area (Å²) in [5.41, 5.74) is 2.59. The Morgan fingerprint density at radius 1 is 1.17 bits per heavy atom. The Labute approximate surface area is 137 Å². The van der Waals surface area contributed by atoms with Gasteiger partial charge in [-0.15, -0.1) is 11.3 Å². The molecule has 0 atom stereocenters. The standard InChI is InChI=1S/C18H15FN2OS/c19-15-3-1-2-13(12-15)4-9-17(22)21-16-7-5-14(6-8-16)18-20-10-11-23-18/h1-3,5-8,10-12H,4,9H2,(H,21,22). The summed E-state index contributed by atoms with van der Waals surface area (Å²) in [4.78, 5) is 16.2. The van der Waals surface area contributed by atoms with Gasteiger partial charge in [0.25, 0.3) is 0 Å². The van der Waals surface area contributed by atoms with Crippen LogP contribution < -0.4 is 5.32 Å². The van der Waals surface area contributed by atoms with E-state index < -0.39 is 0 Å². The summed E-state index contributed by atoms with van der Waals surface area (Å²) in [6, 6.07) is 13.9. The van der Waals surface area contributed by atoms with E-state index in [0.717, 1.165) is 21.8 Å². The van der Waals surface area contributed by atoms with Crippen molar-refractivity contribution in [1.29, 1.82) is 0 Å². The van der Waals surface area contributed by atoms with Crippen molar-refractivity contribution >= 4 is 22.9 Å². The van der Waals surface area contributed by atoms with E-state index in [2.05, 4.69) is 10.3 Å². The van der Waals surface area contributed by atoms with E-state index in [9.17, 15) is 9.18 Å². The van der Waals surface area contributed by atoms with Crippen LogP contribution >= 0.6 is 11.3 Å². The summed E-state index contributed by atoms with van der Waals surface area (Å²) in [6.45, 7) is 0. The molecule has 0 saturated heterocycles. The summed E-state index contributed by atoms with van der Waals surface area (Å²) < 4.78 is 13.1. The van der Waals surface area contributed by atoms with Gasteiger partial charge in [-0.05, 0) is 48.4 Å². The maximum Gasteiger partial charge on any atom is 0.224 e. The zero-order chi connectivity index (χ0) is 16.1. The highest BCUT2D eigenvalue weighted by Crippen LogP contribution is 2.23. The zero-order valence-corrected chi connectivity index (χ0v) is 13.1. The number of hydrogen-bond donors (Lipinski definition) is 1. The first kappa shape index (κ1) is 15.4. The molecule has 5 heteroatoms. The summed E-state index contributed by atoms with van der Waals surface area (Å²) in [5, 5.41) is 5.73.